The van der Waals surface area contributed by atoms with Gasteiger partial charge in [0, 0.05) is 17.8 Å². The van der Waals surface area contributed by atoms with Crippen molar-refractivity contribution in [1.29, 1.82) is 0 Å². The number of benzene rings is 1. The van der Waals surface area contributed by atoms with Crippen molar-refractivity contribution < 1.29 is 13.2 Å². The molecule has 20 heavy (non-hydrogen) atoms. The van der Waals surface area contributed by atoms with Gasteiger partial charge in [0.2, 0.25) is 5.91 Å². The highest BCUT2D eigenvalue weighted by Gasteiger charge is 2.18. The van der Waals surface area contributed by atoms with E-state index in [0.717, 1.165) is 11.3 Å². The lowest BCUT2D eigenvalue weighted by Gasteiger charge is -2.17. The normalized spacial score (nSPS) is 14.5. The van der Waals surface area contributed by atoms with E-state index in [2.05, 4.69) is 20.0 Å². The first kappa shape index (κ1) is 12.7. The van der Waals surface area contributed by atoms with Crippen LogP contribution in [0.5, 0.6) is 0 Å². The first-order valence-electron chi connectivity index (χ1n) is 5.98. The van der Waals surface area contributed by atoms with Crippen molar-refractivity contribution in [1.82, 2.24) is 9.97 Å². The van der Waals surface area contributed by atoms with Crippen LogP contribution in [0.3, 0.4) is 0 Å². The number of hydrogen-bond donors (Lipinski definition) is 3. The van der Waals surface area contributed by atoms with Gasteiger partial charge in [-0.3, -0.25) is 9.52 Å². The Morgan fingerprint density at radius 1 is 1.25 bits per heavy atom. The number of amides is 1. The van der Waals surface area contributed by atoms with Gasteiger partial charge in [-0.2, -0.15) is 8.42 Å². The lowest BCUT2D eigenvalue weighted by Crippen LogP contribution is -2.19. The van der Waals surface area contributed by atoms with E-state index in [1.165, 1.54) is 12.5 Å². The zero-order valence-electron chi connectivity index (χ0n) is 10.4. The smallest absolute Gasteiger partial charge is 0.278 e. The minimum Gasteiger partial charge on any atom is -0.334 e. The van der Waals surface area contributed by atoms with Crippen molar-refractivity contribution in [2.75, 3.05) is 10.0 Å². The number of aryl methyl sites for hydroxylation is 1. The van der Waals surface area contributed by atoms with Crippen molar-refractivity contribution in [2.45, 2.75) is 17.9 Å². The van der Waals surface area contributed by atoms with Gasteiger partial charge >= 0.3 is 0 Å². The molecule has 0 saturated carbocycles. The highest BCUT2D eigenvalue weighted by atomic mass is 32.2. The molecule has 1 aliphatic heterocycles. The summed E-state index contributed by atoms with van der Waals surface area (Å²) in [4.78, 5) is 17.5. The van der Waals surface area contributed by atoms with E-state index in [4.69, 9.17) is 0 Å². The Bertz CT molecular complexity index is 753. The van der Waals surface area contributed by atoms with Crippen LogP contribution in [0.4, 0.5) is 11.4 Å². The fourth-order valence-corrected chi connectivity index (χ4v) is 3.00. The average Bonchev–Trinajstić information content (AvgIpc) is 2.93. The largest absolute Gasteiger partial charge is 0.334 e. The van der Waals surface area contributed by atoms with Crippen LogP contribution >= 0.6 is 0 Å². The molecule has 3 N–H and O–H groups in total. The van der Waals surface area contributed by atoms with Gasteiger partial charge in [-0.05, 0) is 30.2 Å². The summed E-state index contributed by atoms with van der Waals surface area (Å²) in [5.74, 6) is -0.0247. The average molecular weight is 292 g/mol. The number of fused-ring (bicyclic) bond motifs is 1. The number of nitrogens with one attached hydrogen (secondary N) is 3. The van der Waals surface area contributed by atoms with E-state index >= 15 is 0 Å². The molecular formula is C12H12N4O3S. The second-order valence-electron chi connectivity index (χ2n) is 4.44. The number of nitrogens with zero attached hydrogens (tertiary/aromatic N) is 1. The summed E-state index contributed by atoms with van der Waals surface area (Å²) >= 11 is 0. The van der Waals surface area contributed by atoms with Gasteiger partial charge in [-0.1, -0.05) is 0 Å². The number of H-pyrrole nitrogens is 1. The van der Waals surface area contributed by atoms with Crippen molar-refractivity contribution in [3.05, 3.63) is 36.3 Å². The van der Waals surface area contributed by atoms with Gasteiger partial charge in [0.1, 0.15) is 0 Å². The lowest BCUT2D eigenvalue weighted by molar-refractivity contribution is -0.116. The van der Waals surface area contributed by atoms with Gasteiger partial charge in [0.15, 0.2) is 5.03 Å². The minimum absolute atomic E-state index is 0.00326. The maximum absolute atomic E-state index is 12.0. The minimum atomic E-state index is -3.66. The predicted molar refractivity (Wildman–Crippen MR) is 72.8 cm³/mol. The van der Waals surface area contributed by atoms with E-state index in [9.17, 15) is 13.2 Å². The molecule has 0 fully saturated rings. The second-order valence-corrected chi connectivity index (χ2v) is 6.09. The predicted octanol–water partition coefficient (Wildman–Crippen LogP) is 1.10. The first-order valence-corrected chi connectivity index (χ1v) is 7.47. The van der Waals surface area contributed by atoms with E-state index in [1.807, 2.05) is 0 Å². The van der Waals surface area contributed by atoms with E-state index in [-0.39, 0.29) is 10.9 Å². The molecule has 0 atom stereocenters. The molecular weight excluding hydrogens is 280 g/mol. The molecule has 1 aromatic carbocycles. The van der Waals surface area contributed by atoms with Crippen LogP contribution in [0.2, 0.25) is 0 Å². The lowest BCUT2D eigenvalue weighted by atomic mass is 10.0. The SMILES string of the molecule is O=C1CCc2cc(NS(=O)(=O)c3cnc[nH]3)ccc2N1. The molecule has 0 saturated heterocycles. The highest BCUT2D eigenvalue weighted by molar-refractivity contribution is 7.92. The van der Waals surface area contributed by atoms with Gasteiger partial charge in [-0.15, -0.1) is 0 Å². The molecule has 3 rings (SSSR count). The molecule has 8 heteroatoms. The van der Waals surface area contributed by atoms with Gasteiger partial charge < -0.3 is 10.3 Å². The summed E-state index contributed by atoms with van der Waals surface area (Å²) in [5, 5.41) is 2.75. The molecule has 2 aromatic rings. The van der Waals surface area contributed by atoms with E-state index in [0.29, 0.717) is 18.5 Å². The molecule has 1 aliphatic rings. The molecule has 0 unspecified atom stereocenters. The molecule has 0 aliphatic carbocycles. The monoisotopic (exact) mass is 292 g/mol. The first-order chi connectivity index (χ1) is 9.54. The number of aromatic nitrogens is 2. The van der Waals surface area contributed by atoms with Gasteiger partial charge in [0.25, 0.3) is 10.0 Å². The third-order valence-corrected chi connectivity index (χ3v) is 4.32. The Labute approximate surface area is 115 Å². The number of hydrogen-bond acceptors (Lipinski definition) is 4. The van der Waals surface area contributed by atoms with Crippen molar-refractivity contribution in [2.24, 2.45) is 0 Å². The molecule has 7 nitrogen and oxygen atoms in total. The number of aromatic amines is 1. The fourth-order valence-electron chi connectivity index (χ4n) is 2.05. The van der Waals surface area contributed by atoms with Crippen molar-refractivity contribution in [3.63, 3.8) is 0 Å². The van der Waals surface area contributed by atoms with Crippen LogP contribution in [0, 0.1) is 0 Å². The fraction of sp³-hybridized carbons (Fsp3) is 0.167. The van der Waals surface area contributed by atoms with Crippen LogP contribution in [0.15, 0.2) is 35.7 Å². The molecule has 0 spiro atoms. The Morgan fingerprint density at radius 2 is 2.10 bits per heavy atom. The zero-order chi connectivity index (χ0) is 14.2. The highest BCUT2D eigenvalue weighted by Crippen LogP contribution is 2.26. The zero-order valence-corrected chi connectivity index (χ0v) is 11.2. The quantitative estimate of drug-likeness (QED) is 0.787. The van der Waals surface area contributed by atoms with E-state index in [1.54, 1.807) is 18.2 Å². The topological polar surface area (TPSA) is 104 Å². The summed E-state index contributed by atoms with van der Waals surface area (Å²) in [6.45, 7) is 0. The summed E-state index contributed by atoms with van der Waals surface area (Å²) in [6, 6.07) is 5.03. The molecule has 0 radical (unpaired) electrons. The van der Waals surface area contributed by atoms with Crippen LogP contribution < -0.4 is 10.0 Å². The van der Waals surface area contributed by atoms with E-state index < -0.39 is 10.0 Å². The number of rotatable bonds is 3. The summed E-state index contributed by atoms with van der Waals surface area (Å²) < 4.78 is 26.5. The van der Waals surface area contributed by atoms with Crippen LogP contribution in [-0.2, 0) is 21.2 Å². The van der Waals surface area contributed by atoms with Crippen LogP contribution in [0.25, 0.3) is 0 Å². The van der Waals surface area contributed by atoms with Gasteiger partial charge in [-0.25, -0.2) is 4.98 Å². The third-order valence-electron chi connectivity index (χ3n) is 3.02. The Kier molecular flexibility index (Phi) is 2.94. The maximum Gasteiger partial charge on any atom is 0.278 e. The Balaban J connectivity index is 1.88. The second kappa shape index (κ2) is 4.64. The molecule has 104 valence electrons. The maximum atomic E-state index is 12.0. The van der Waals surface area contributed by atoms with Crippen molar-refractivity contribution >= 4 is 27.3 Å². The number of sulfonamides is 1. The Hall–Kier alpha value is -2.35. The molecule has 1 amide bonds. The molecule has 0 bridgehead atoms. The number of carbonyl (C=O) groups is 1. The standard InChI is InChI=1S/C12H12N4O3S/c17-11-4-1-8-5-9(2-3-10(8)15-11)16-20(18,19)12-6-13-7-14-12/h2-3,5-7,16H,1,4H2,(H,13,14)(H,15,17). The Morgan fingerprint density at radius 3 is 2.85 bits per heavy atom. The van der Waals surface area contributed by atoms with Crippen LogP contribution in [-0.4, -0.2) is 24.3 Å². The third kappa shape index (κ3) is 2.37. The summed E-state index contributed by atoms with van der Waals surface area (Å²) in [5.41, 5.74) is 2.09. The molecule has 2 heterocycles. The summed E-state index contributed by atoms with van der Waals surface area (Å²) in [6.07, 6.45) is 3.54. The van der Waals surface area contributed by atoms with Crippen LogP contribution in [0.1, 0.15) is 12.0 Å². The number of imidazole rings is 1. The summed E-state index contributed by atoms with van der Waals surface area (Å²) in [7, 11) is -3.66. The molecule has 1 aromatic heterocycles. The number of anilines is 2. The number of carbonyl (C=O) groups excluding carboxylic acids is 1. The van der Waals surface area contributed by atoms with Crippen molar-refractivity contribution in [3.8, 4) is 0 Å². The van der Waals surface area contributed by atoms with Gasteiger partial charge in [0.05, 0.1) is 12.5 Å².